The van der Waals surface area contributed by atoms with Gasteiger partial charge in [-0.2, -0.15) is 8.78 Å². The molecule has 5 nitrogen and oxygen atoms in total. The summed E-state index contributed by atoms with van der Waals surface area (Å²) in [5, 5.41) is 0. The molecule has 4 rings (SSSR count). The van der Waals surface area contributed by atoms with Crippen LogP contribution < -0.4 is 14.2 Å². The first-order chi connectivity index (χ1) is 31.1. The van der Waals surface area contributed by atoms with E-state index < -0.39 is 30.6 Å². The Labute approximate surface area is 384 Å². The SMILES string of the molecule is CCCCOc1ccc(-c2ccc(OCCCCCCCCCCCP(=O)(O)CCCCCCCCCCCOc3ccc(C4CCC(CCCC)CC4)c(F)c3F)c(F)c2F)cc1. The molecule has 1 aliphatic carbocycles. The lowest BCUT2D eigenvalue weighted by molar-refractivity contribution is 0.279. The second kappa shape index (κ2) is 31.0. The van der Waals surface area contributed by atoms with E-state index in [0.29, 0.717) is 49.0 Å². The maximum atomic E-state index is 15.0. The number of hydrogen-bond donors (Lipinski definition) is 1. The lowest BCUT2D eigenvalue weighted by Crippen LogP contribution is -2.15. The molecular weight excluding hydrogens is 836 g/mol. The van der Waals surface area contributed by atoms with Gasteiger partial charge in [0.25, 0.3) is 0 Å². The van der Waals surface area contributed by atoms with Crippen molar-refractivity contribution >= 4 is 7.37 Å². The highest BCUT2D eigenvalue weighted by Crippen LogP contribution is 2.43. The molecule has 64 heavy (non-hydrogen) atoms. The van der Waals surface area contributed by atoms with Crippen LogP contribution in [0.25, 0.3) is 11.1 Å². The number of rotatable bonds is 35. The van der Waals surface area contributed by atoms with E-state index in [-0.39, 0.29) is 23.0 Å². The quantitative estimate of drug-likeness (QED) is 0.0362. The summed E-state index contributed by atoms with van der Waals surface area (Å²) >= 11 is 0. The highest BCUT2D eigenvalue weighted by molar-refractivity contribution is 7.57. The van der Waals surface area contributed by atoms with Crippen LogP contribution >= 0.6 is 7.37 Å². The molecule has 1 N–H and O–H groups in total. The molecule has 0 amide bonds. The largest absolute Gasteiger partial charge is 0.494 e. The molecule has 0 radical (unpaired) electrons. The van der Waals surface area contributed by atoms with Gasteiger partial charge in [0.15, 0.2) is 23.1 Å². The van der Waals surface area contributed by atoms with Crippen molar-refractivity contribution in [2.24, 2.45) is 5.92 Å². The first-order valence-electron chi connectivity index (χ1n) is 25.4. The zero-order chi connectivity index (χ0) is 45.8. The van der Waals surface area contributed by atoms with Crippen molar-refractivity contribution in [1.29, 1.82) is 0 Å². The molecule has 0 spiro atoms. The third-order valence-corrected chi connectivity index (χ3v) is 15.2. The first kappa shape index (κ1) is 53.6. The molecule has 0 aromatic heterocycles. The van der Waals surface area contributed by atoms with Crippen LogP contribution in [0.1, 0.15) is 199 Å². The molecule has 360 valence electrons. The average Bonchev–Trinajstić information content (AvgIpc) is 3.29. The normalized spacial score (nSPS) is 16.2. The summed E-state index contributed by atoms with van der Waals surface area (Å²) in [7, 11) is -3.06. The zero-order valence-electron chi connectivity index (χ0n) is 39.4. The van der Waals surface area contributed by atoms with Crippen LogP contribution in [0.5, 0.6) is 17.2 Å². The van der Waals surface area contributed by atoms with Crippen LogP contribution in [0, 0.1) is 29.2 Å². The Morgan fingerprint density at radius 3 is 1.47 bits per heavy atom. The fourth-order valence-corrected chi connectivity index (χ4v) is 10.7. The Kier molecular flexibility index (Phi) is 26.0. The van der Waals surface area contributed by atoms with Crippen LogP contribution in [0.4, 0.5) is 17.6 Å². The molecule has 0 heterocycles. The molecule has 0 bridgehead atoms. The maximum absolute atomic E-state index is 15.0. The highest BCUT2D eigenvalue weighted by atomic mass is 31.2. The van der Waals surface area contributed by atoms with Gasteiger partial charge in [-0.3, -0.25) is 4.57 Å². The number of ether oxygens (including phenoxy) is 3. The van der Waals surface area contributed by atoms with Crippen LogP contribution in [0.15, 0.2) is 48.5 Å². The molecule has 1 saturated carbocycles. The van der Waals surface area contributed by atoms with E-state index in [9.17, 15) is 27.0 Å². The van der Waals surface area contributed by atoms with Gasteiger partial charge >= 0.3 is 0 Å². The Bertz CT molecular complexity index is 1760. The lowest BCUT2D eigenvalue weighted by atomic mass is 9.77. The summed E-state index contributed by atoms with van der Waals surface area (Å²) in [6.45, 7) is 5.67. The van der Waals surface area contributed by atoms with Crippen LogP contribution in [0.2, 0.25) is 0 Å². The lowest BCUT2D eigenvalue weighted by Gasteiger charge is -2.29. The van der Waals surface area contributed by atoms with E-state index >= 15 is 0 Å². The van der Waals surface area contributed by atoms with Gasteiger partial charge in [0.05, 0.1) is 19.8 Å². The predicted molar refractivity (Wildman–Crippen MR) is 256 cm³/mol. The smallest absolute Gasteiger partial charge is 0.201 e. The van der Waals surface area contributed by atoms with Gasteiger partial charge in [0.2, 0.25) is 19.0 Å². The Morgan fingerprint density at radius 2 is 0.953 bits per heavy atom. The van der Waals surface area contributed by atoms with Crippen molar-refractivity contribution in [1.82, 2.24) is 0 Å². The van der Waals surface area contributed by atoms with E-state index in [2.05, 4.69) is 13.8 Å². The minimum atomic E-state index is -3.06. The van der Waals surface area contributed by atoms with Gasteiger partial charge in [-0.15, -0.1) is 0 Å². The van der Waals surface area contributed by atoms with Crippen LogP contribution in [0.3, 0.4) is 0 Å². The van der Waals surface area contributed by atoms with Crippen molar-refractivity contribution in [2.75, 3.05) is 32.1 Å². The molecule has 3 aromatic rings. The fourth-order valence-electron chi connectivity index (χ4n) is 9.03. The summed E-state index contributed by atoms with van der Waals surface area (Å²) in [6, 6.07) is 13.4. The van der Waals surface area contributed by atoms with Gasteiger partial charge in [-0.1, -0.05) is 148 Å². The minimum absolute atomic E-state index is 0.0250. The van der Waals surface area contributed by atoms with Crippen molar-refractivity contribution in [3.63, 3.8) is 0 Å². The summed E-state index contributed by atoms with van der Waals surface area (Å²) < 4.78 is 89.0. The first-order valence-corrected chi connectivity index (χ1v) is 27.4. The van der Waals surface area contributed by atoms with Crippen molar-refractivity contribution in [3.8, 4) is 28.4 Å². The summed E-state index contributed by atoms with van der Waals surface area (Å²) in [5.41, 5.74) is 1.29. The van der Waals surface area contributed by atoms with E-state index in [1.807, 2.05) is 0 Å². The third kappa shape index (κ3) is 19.8. The molecule has 1 aliphatic rings. The second-order valence-electron chi connectivity index (χ2n) is 18.5. The summed E-state index contributed by atoms with van der Waals surface area (Å²) in [4.78, 5) is 10.4. The Balaban J connectivity index is 0.909. The number of benzene rings is 3. The summed E-state index contributed by atoms with van der Waals surface area (Å²) in [5.74, 6) is -1.93. The van der Waals surface area contributed by atoms with E-state index in [0.717, 1.165) is 160 Å². The van der Waals surface area contributed by atoms with Gasteiger partial charge in [-0.05, 0) is 111 Å². The molecule has 1 atom stereocenters. The minimum Gasteiger partial charge on any atom is -0.494 e. The van der Waals surface area contributed by atoms with Gasteiger partial charge in [0, 0.05) is 17.9 Å². The predicted octanol–water partition coefficient (Wildman–Crippen LogP) is 17.3. The molecule has 0 aliphatic heterocycles. The molecule has 3 aromatic carbocycles. The fraction of sp³-hybridized carbons (Fsp3) is 0.667. The molecular formula is C54H81F4O5P. The van der Waals surface area contributed by atoms with E-state index in [4.69, 9.17) is 14.2 Å². The molecule has 1 unspecified atom stereocenters. The molecule has 0 saturated heterocycles. The van der Waals surface area contributed by atoms with Gasteiger partial charge < -0.3 is 19.1 Å². The third-order valence-electron chi connectivity index (χ3n) is 13.1. The van der Waals surface area contributed by atoms with E-state index in [1.54, 1.807) is 42.5 Å². The van der Waals surface area contributed by atoms with Crippen molar-refractivity contribution in [2.45, 2.75) is 193 Å². The van der Waals surface area contributed by atoms with Crippen LogP contribution in [-0.4, -0.2) is 37.0 Å². The summed E-state index contributed by atoms with van der Waals surface area (Å²) in [6.07, 6.45) is 28.8. The number of hydrogen-bond acceptors (Lipinski definition) is 4. The highest BCUT2D eigenvalue weighted by Gasteiger charge is 2.26. The van der Waals surface area contributed by atoms with Crippen molar-refractivity contribution in [3.05, 3.63) is 77.4 Å². The Hall–Kier alpha value is -3.03. The second-order valence-corrected chi connectivity index (χ2v) is 21.0. The standard InChI is InChI=1S/C54H81F4O5P/c1-3-5-25-43-26-28-44(29-27-43)47-34-36-49(53(57)51(47)55)62-39-21-17-13-9-7-11-15-19-23-41-64(59,60)42-24-20-16-12-8-10-14-18-22-40-63-50-37-35-48(52(56)54(50)58)45-30-32-46(33-31-45)61-38-6-4-2/h30-37,43-44H,3-29,38-42H2,1-2H3,(H,59,60). The van der Waals surface area contributed by atoms with E-state index in [1.165, 1.54) is 25.3 Å². The number of unbranched alkanes of at least 4 members (excludes halogenated alkanes) is 18. The number of halogens is 4. The maximum Gasteiger partial charge on any atom is 0.201 e. The van der Waals surface area contributed by atoms with Crippen LogP contribution in [-0.2, 0) is 4.57 Å². The Morgan fingerprint density at radius 1 is 0.500 bits per heavy atom. The van der Waals surface area contributed by atoms with Gasteiger partial charge in [0.1, 0.15) is 5.75 Å². The average molecular weight is 917 g/mol. The van der Waals surface area contributed by atoms with Gasteiger partial charge in [-0.25, -0.2) is 8.78 Å². The molecule has 1 fully saturated rings. The topological polar surface area (TPSA) is 65.0 Å². The molecule has 10 heteroatoms. The zero-order valence-corrected chi connectivity index (χ0v) is 40.3. The van der Waals surface area contributed by atoms with Crippen molar-refractivity contribution < 1.29 is 41.2 Å². The monoisotopic (exact) mass is 917 g/mol.